The number of phenolic OH excluding ortho intramolecular Hbond substituents is 1. The van der Waals surface area contributed by atoms with Crippen LogP contribution in [-0.4, -0.2) is 35.5 Å². The normalized spacial score (nSPS) is 18.7. The highest BCUT2D eigenvalue weighted by molar-refractivity contribution is 7.12. The maximum atomic E-state index is 12.0. The monoisotopic (exact) mass is 330 g/mol. The van der Waals surface area contributed by atoms with E-state index in [1.54, 1.807) is 6.07 Å². The highest BCUT2D eigenvalue weighted by atomic mass is 32.1. The molecular weight excluding hydrogens is 308 g/mol. The molecule has 1 saturated heterocycles. The van der Waals surface area contributed by atoms with E-state index in [4.69, 9.17) is 0 Å². The SMILES string of the molecule is O=C(NC[C@H]1CCCN(Cc2cccc(O)c2)C1)c1cccs1. The number of nitrogens with zero attached hydrogens (tertiary/aromatic N) is 1. The molecule has 1 atom stereocenters. The zero-order valence-electron chi connectivity index (χ0n) is 13.1. The molecule has 23 heavy (non-hydrogen) atoms. The van der Waals surface area contributed by atoms with E-state index in [2.05, 4.69) is 10.2 Å². The van der Waals surface area contributed by atoms with Crippen LogP contribution in [0.2, 0.25) is 0 Å². The Morgan fingerprint density at radius 2 is 2.26 bits per heavy atom. The lowest BCUT2D eigenvalue weighted by Gasteiger charge is -2.32. The first-order valence-corrected chi connectivity index (χ1v) is 8.90. The van der Waals surface area contributed by atoms with Crippen molar-refractivity contribution in [3.05, 3.63) is 52.2 Å². The molecule has 2 heterocycles. The third-order valence-corrected chi connectivity index (χ3v) is 5.08. The van der Waals surface area contributed by atoms with Gasteiger partial charge in [-0.2, -0.15) is 0 Å². The van der Waals surface area contributed by atoms with Crippen LogP contribution >= 0.6 is 11.3 Å². The summed E-state index contributed by atoms with van der Waals surface area (Å²) in [5.74, 6) is 0.842. The number of nitrogens with one attached hydrogen (secondary N) is 1. The van der Waals surface area contributed by atoms with E-state index >= 15 is 0 Å². The van der Waals surface area contributed by atoms with E-state index in [1.165, 1.54) is 11.3 Å². The molecule has 5 heteroatoms. The molecule has 0 radical (unpaired) electrons. The van der Waals surface area contributed by atoms with Gasteiger partial charge in [-0.3, -0.25) is 9.69 Å². The number of rotatable bonds is 5. The Morgan fingerprint density at radius 1 is 1.35 bits per heavy atom. The lowest BCUT2D eigenvalue weighted by Crippen LogP contribution is -2.40. The molecule has 1 aromatic carbocycles. The molecule has 1 aromatic heterocycles. The zero-order chi connectivity index (χ0) is 16.1. The van der Waals surface area contributed by atoms with Gasteiger partial charge in [0.05, 0.1) is 4.88 Å². The minimum atomic E-state index is 0.0325. The van der Waals surface area contributed by atoms with Gasteiger partial charge in [-0.1, -0.05) is 18.2 Å². The number of carbonyl (C=O) groups excluding carboxylic acids is 1. The van der Waals surface area contributed by atoms with Crippen LogP contribution in [0.4, 0.5) is 0 Å². The van der Waals surface area contributed by atoms with Crippen LogP contribution in [-0.2, 0) is 6.54 Å². The predicted molar refractivity (Wildman–Crippen MR) is 92.8 cm³/mol. The first-order valence-electron chi connectivity index (χ1n) is 8.02. The molecular formula is C18H22N2O2S. The average Bonchev–Trinajstić information content (AvgIpc) is 3.07. The summed E-state index contributed by atoms with van der Waals surface area (Å²) in [6.45, 7) is 3.64. The number of aromatic hydroxyl groups is 1. The summed E-state index contributed by atoms with van der Waals surface area (Å²) in [4.78, 5) is 15.2. The first-order chi connectivity index (χ1) is 11.2. The molecule has 0 saturated carbocycles. The highest BCUT2D eigenvalue weighted by Gasteiger charge is 2.21. The van der Waals surface area contributed by atoms with E-state index in [1.807, 2.05) is 35.7 Å². The van der Waals surface area contributed by atoms with Crippen molar-refractivity contribution in [3.63, 3.8) is 0 Å². The Morgan fingerprint density at radius 3 is 3.04 bits per heavy atom. The number of benzene rings is 1. The molecule has 122 valence electrons. The number of amides is 1. The highest BCUT2D eigenvalue weighted by Crippen LogP contribution is 2.20. The van der Waals surface area contributed by atoms with Gasteiger partial charge < -0.3 is 10.4 Å². The fourth-order valence-corrected chi connectivity index (χ4v) is 3.75. The molecule has 1 aliphatic rings. The van der Waals surface area contributed by atoms with Gasteiger partial charge in [-0.15, -0.1) is 11.3 Å². The van der Waals surface area contributed by atoms with Gasteiger partial charge in [0.25, 0.3) is 5.91 Å². The molecule has 0 aliphatic carbocycles. The summed E-state index contributed by atoms with van der Waals surface area (Å²) >= 11 is 1.48. The summed E-state index contributed by atoms with van der Waals surface area (Å²) in [6, 6.07) is 11.2. The molecule has 4 nitrogen and oxygen atoms in total. The Hall–Kier alpha value is -1.85. The van der Waals surface area contributed by atoms with Gasteiger partial charge in [0.1, 0.15) is 5.75 Å². The van der Waals surface area contributed by atoms with Gasteiger partial charge in [0, 0.05) is 19.6 Å². The molecule has 0 bridgehead atoms. The van der Waals surface area contributed by atoms with Crippen LogP contribution in [0.15, 0.2) is 41.8 Å². The maximum Gasteiger partial charge on any atom is 0.261 e. The Balaban J connectivity index is 1.49. The number of thiophene rings is 1. The second kappa shape index (κ2) is 7.62. The van der Waals surface area contributed by atoms with Crippen LogP contribution in [0.25, 0.3) is 0 Å². The van der Waals surface area contributed by atoms with Crippen LogP contribution in [0, 0.1) is 5.92 Å². The standard InChI is InChI=1S/C18H22N2O2S/c21-16-6-1-4-14(10-16)12-20-8-2-5-15(13-20)11-19-18(22)17-7-3-9-23-17/h1,3-4,6-7,9-10,15,21H,2,5,8,11-13H2,(H,19,22)/t15-/m1/s1. The number of hydrogen-bond donors (Lipinski definition) is 2. The fraction of sp³-hybridized carbons (Fsp3) is 0.389. The molecule has 2 aromatic rings. The van der Waals surface area contributed by atoms with Crippen LogP contribution in [0.5, 0.6) is 5.75 Å². The van der Waals surface area contributed by atoms with Gasteiger partial charge in [0.2, 0.25) is 0 Å². The zero-order valence-corrected chi connectivity index (χ0v) is 13.9. The van der Waals surface area contributed by atoms with Crippen LogP contribution in [0.3, 0.4) is 0 Å². The number of carbonyl (C=O) groups is 1. The third-order valence-electron chi connectivity index (χ3n) is 4.22. The van der Waals surface area contributed by atoms with Gasteiger partial charge in [0.15, 0.2) is 0 Å². The van der Waals surface area contributed by atoms with Crippen LogP contribution < -0.4 is 5.32 Å². The Kier molecular flexibility index (Phi) is 5.31. The minimum absolute atomic E-state index is 0.0325. The predicted octanol–water partition coefficient (Wildman–Crippen LogP) is 3.10. The molecule has 1 aliphatic heterocycles. The van der Waals surface area contributed by atoms with Crippen molar-refractivity contribution in [2.24, 2.45) is 5.92 Å². The van der Waals surface area contributed by atoms with E-state index in [9.17, 15) is 9.90 Å². The van der Waals surface area contributed by atoms with E-state index in [0.29, 0.717) is 11.7 Å². The van der Waals surface area contributed by atoms with Crippen molar-refractivity contribution in [2.45, 2.75) is 19.4 Å². The topological polar surface area (TPSA) is 52.6 Å². The molecule has 3 rings (SSSR count). The third kappa shape index (κ3) is 4.56. The van der Waals surface area contributed by atoms with Crippen molar-refractivity contribution in [1.29, 1.82) is 0 Å². The van der Waals surface area contributed by atoms with Gasteiger partial charge in [-0.25, -0.2) is 0 Å². The average molecular weight is 330 g/mol. The largest absolute Gasteiger partial charge is 0.508 e. The second-order valence-corrected chi connectivity index (χ2v) is 7.05. The summed E-state index contributed by atoms with van der Waals surface area (Å²) < 4.78 is 0. The van der Waals surface area contributed by atoms with Crippen LogP contribution in [0.1, 0.15) is 28.1 Å². The van der Waals surface area contributed by atoms with E-state index < -0.39 is 0 Å². The quantitative estimate of drug-likeness (QED) is 0.886. The Labute approximate surface area is 140 Å². The summed E-state index contributed by atoms with van der Waals surface area (Å²) in [5, 5.41) is 14.5. The Bertz CT molecular complexity index is 642. The van der Waals surface area contributed by atoms with Crippen molar-refractivity contribution in [2.75, 3.05) is 19.6 Å². The second-order valence-electron chi connectivity index (χ2n) is 6.10. The smallest absolute Gasteiger partial charge is 0.261 e. The number of piperidine rings is 1. The number of hydrogen-bond acceptors (Lipinski definition) is 4. The van der Waals surface area contributed by atoms with Crippen molar-refractivity contribution < 1.29 is 9.90 Å². The molecule has 1 fully saturated rings. The summed E-state index contributed by atoms with van der Waals surface area (Å²) in [7, 11) is 0. The molecule has 1 amide bonds. The fourth-order valence-electron chi connectivity index (χ4n) is 3.11. The lowest BCUT2D eigenvalue weighted by molar-refractivity contribution is 0.0934. The molecule has 0 unspecified atom stereocenters. The van der Waals surface area contributed by atoms with Gasteiger partial charge >= 0.3 is 0 Å². The lowest BCUT2D eigenvalue weighted by atomic mass is 9.97. The van der Waals surface area contributed by atoms with Crippen molar-refractivity contribution in [1.82, 2.24) is 10.2 Å². The number of phenols is 1. The van der Waals surface area contributed by atoms with Crippen molar-refractivity contribution in [3.8, 4) is 5.75 Å². The molecule has 2 N–H and O–H groups in total. The molecule has 0 spiro atoms. The van der Waals surface area contributed by atoms with E-state index in [-0.39, 0.29) is 5.91 Å². The van der Waals surface area contributed by atoms with Crippen molar-refractivity contribution >= 4 is 17.2 Å². The van der Waals surface area contributed by atoms with Gasteiger partial charge in [-0.05, 0) is 54.4 Å². The first kappa shape index (κ1) is 16.0. The number of likely N-dealkylation sites (tertiary alicyclic amines) is 1. The van der Waals surface area contributed by atoms with E-state index in [0.717, 1.165) is 49.5 Å². The minimum Gasteiger partial charge on any atom is -0.508 e. The summed E-state index contributed by atoms with van der Waals surface area (Å²) in [6.07, 6.45) is 2.31. The summed E-state index contributed by atoms with van der Waals surface area (Å²) in [5.41, 5.74) is 1.13. The maximum absolute atomic E-state index is 12.0.